The molecule has 1 aromatic heterocycles. The normalized spacial score (nSPS) is 23.4. The number of nitriles is 1. The first-order valence-corrected chi connectivity index (χ1v) is 9.31. The fourth-order valence-electron chi connectivity index (χ4n) is 2.61. The first-order valence-electron chi connectivity index (χ1n) is 7.01. The Hall–Kier alpha value is -0.900. The van der Waals surface area contributed by atoms with Crippen molar-refractivity contribution in [3.8, 4) is 6.07 Å². The highest BCUT2D eigenvalue weighted by molar-refractivity contribution is 7.91. The predicted octanol–water partition coefficient (Wildman–Crippen LogP) is 3.11. The predicted molar refractivity (Wildman–Crippen MR) is 80.0 cm³/mol. The Kier molecular flexibility index (Phi) is 5.19. The Morgan fingerprint density at radius 2 is 2.05 bits per heavy atom. The highest BCUT2D eigenvalue weighted by atomic mass is 32.2. The smallest absolute Gasteiger partial charge is 0.210 e. The summed E-state index contributed by atoms with van der Waals surface area (Å²) in [6.45, 7) is 2.77. The summed E-state index contributed by atoms with van der Waals surface area (Å²) in [5.41, 5.74) is 0. The highest BCUT2D eigenvalue weighted by Crippen LogP contribution is 2.30. The van der Waals surface area contributed by atoms with Gasteiger partial charge in [0.05, 0.1) is 0 Å². The molecule has 0 saturated heterocycles. The Balaban J connectivity index is 1.82. The molecule has 1 heterocycles. The van der Waals surface area contributed by atoms with Crippen molar-refractivity contribution in [2.75, 3.05) is 6.54 Å². The van der Waals surface area contributed by atoms with Crippen LogP contribution >= 0.6 is 11.3 Å². The zero-order chi connectivity index (χ0) is 14.6. The van der Waals surface area contributed by atoms with Crippen LogP contribution in [0.2, 0.25) is 0 Å². The fraction of sp³-hybridized carbons (Fsp3) is 0.643. The number of nitrogens with zero attached hydrogens (tertiary/aromatic N) is 1. The average Bonchev–Trinajstić information content (AvgIpc) is 2.90. The first-order chi connectivity index (χ1) is 9.51. The third-order valence-electron chi connectivity index (χ3n) is 3.94. The van der Waals surface area contributed by atoms with Crippen molar-refractivity contribution in [2.24, 2.45) is 11.8 Å². The SMILES string of the molecule is CC1CCC(CCNS(=O)(=O)c2ccc(C#N)s2)CC1. The molecule has 0 spiro atoms. The van der Waals surface area contributed by atoms with Gasteiger partial charge in [-0.3, -0.25) is 0 Å². The fourth-order valence-corrected chi connectivity index (χ4v) is 4.81. The van der Waals surface area contributed by atoms with Gasteiger partial charge >= 0.3 is 0 Å². The van der Waals surface area contributed by atoms with Gasteiger partial charge in [0.15, 0.2) is 0 Å². The van der Waals surface area contributed by atoms with E-state index in [1.807, 2.05) is 6.07 Å². The summed E-state index contributed by atoms with van der Waals surface area (Å²) >= 11 is 1.01. The summed E-state index contributed by atoms with van der Waals surface area (Å²) < 4.78 is 27.0. The van der Waals surface area contributed by atoms with Crippen molar-refractivity contribution in [3.63, 3.8) is 0 Å². The molecule has 1 aliphatic carbocycles. The summed E-state index contributed by atoms with van der Waals surface area (Å²) in [6.07, 6.45) is 5.84. The second-order valence-electron chi connectivity index (χ2n) is 5.54. The van der Waals surface area contributed by atoms with Crippen LogP contribution in [0, 0.1) is 23.2 Å². The maximum atomic E-state index is 12.0. The number of hydrogen-bond donors (Lipinski definition) is 1. The molecule has 110 valence electrons. The number of thiophene rings is 1. The Labute approximate surface area is 124 Å². The minimum absolute atomic E-state index is 0.228. The van der Waals surface area contributed by atoms with Crippen LogP contribution in [0.1, 0.15) is 43.9 Å². The van der Waals surface area contributed by atoms with E-state index in [0.29, 0.717) is 17.3 Å². The van der Waals surface area contributed by atoms with E-state index >= 15 is 0 Å². The highest BCUT2D eigenvalue weighted by Gasteiger charge is 2.20. The van der Waals surface area contributed by atoms with Crippen molar-refractivity contribution < 1.29 is 8.42 Å². The largest absolute Gasteiger partial charge is 0.250 e. The number of nitrogens with one attached hydrogen (secondary N) is 1. The first kappa shape index (κ1) is 15.5. The lowest BCUT2D eigenvalue weighted by atomic mass is 9.81. The molecule has 0 aromatic carbocycles. The monoisotopic (exact) mass is 312 g/mol. The van der Waals surface area contributed by atoms with Gasteiger partial charge in [-0.2, -0.15) is 5.26 Å². The van der Waals surface area contributed by atoms with Gasteiger partial charge in [0.1, 0.15) is 15.2 Å². The Bertz CT molecular complexity index is 579. The molecule has 0 bridgehead atoms. The summed E-state index contributed by atoms with van der Waals surface area (Å²) in [6, 6.07) is 4.99. The van der Waals surface area contributed by atoms with E-state index in [0.717, 1.165) is 23.7 Å². The maximum absolute atomic E-state index is 12.0. The van der Waals surface area contributed by atoms with Crippen molar-refractivity contribution >= 4 is 21.4 Å². The van der Waals surface area contributed by atoms with Crippen LogP contribution in [0.5, 0.6) is 0 Å². The molecule has 1 aromatic rings. The summed E-state index contributed by atoms with van der Waals surface area (Å²) in [5.74, 6) is 1.46. The van der Waals surface area contributed by atoms with Crippen LogP contribution in [-0.2, 0) is 10.0 Å². The van der Waals surface area contributed by atoms with Gasteiger partial charge in [-0.05, 0) is 30.4 Å². The molecular formula is C14H20N2O2S2. The van der Waals surface area contributed by atoms with E-state index in [9.17, 15) is 8.42 Å². The second kappa shape index (κ2) is 6.70. The lowest BCUT2D eigenvalue weighted by Crippen LogP contribution is -2.26. The third-order valence-corrected chi connectivity index (χ3v) is 6.88. The lowest BCUT2D eigenvalue weighted by Gasteiger charge is -2.25. The van der Waals surface area contributed by atoms with Gasteiger partial charge in [0.25, 0.3) is 0 Å². The molecule has 1 aliphatic rings. The van der Waals surface area contributed by atoms with Gasteiger partial charge in [0.2, 0.25) is 10.0 Å². The van der Waals surface area contributed by atoms with Crippen LogP contribution < -0.4 is 4.72 Å². The van der Waals surface area contributed by atoms with Crippen molar-refractivity contribution in [1.29, 1.82) is 5.26 Å². The minimum atomic E-state index is -3.44. The topological polar surface area (TPSA) is 70.0 Å². The molecule has 4 nitrogen and oxygen atoms in total. The van der Waals surface area contributed by atoms with Crippen LogP contribution in [0.3, 0.4) is 0 Å². The summed E-state index contributed by atoms with van der Waals surface area (Å²) in [4.78, 5) is 0.423. The molecule has 2 rings (SSSR count). The molecule has 0 unspecified atom stereocenters. The molecular weight excluding hydrogens is 292 g/mol. The molecule has 0 amide bonds. The number of hydrogen-bond acceptors (Lipinski definition) is 4. The molecule has 0 radical (unpaired) electrons. The van der Waals surface area contributed by atoms with E-state index in [4.69, 9.17) is 5.26 Å². The van der Waals surface area contributed by atoms with Crippen molar-refractivity contribution in [1.82, 2.24) is 4.72 Å². The average molecular weight is 312 g/mol. The van der Waals surface area contributed by atoms with E-state index in [1.54, 1.807) is 6.07 Å². The molecule has 1 N–H and O–H groups in total. The third kappa shape index (κ3) is 4.05. The van der Waals surface area contributed by atoms with Gasteiger partial charge < -0.3 is 0 Å². The van der Waals surface area contributed by atoms with Crippen LogP contribution in [0.15, 0.2) is 16.3 Å². The molecule has 20 heavy (non-hydrogen) atoms. The molecule has 0 atom stereocenters. The quantitative estimate of drug-likeness (QED) is 0.908. The van der Waals surface area contributed by atoms with E-state index in [1.165, 1.54) is 31.7 Å². The molecule has 0 aliphatic heterocycles. The van der Waals surface area contributed by atoms with Gasteiger partial charge in [0, 0.05) is 6.54 Å². The van der Waals surface area contributed by atoms with E-state index < -0.39 is 10.0 Å². The van der Waals surface area contributed by atoms with E-state index in [-0.39, 0.29) is 4.21 Å². The van der Waals surface area contributed by atoms with E-state index in [2.05, 4.69) is 11.6 Å². The van der Waals surface area contributed by atoms with Crippen LogP contribution in [-0.4, -0.2) is 15.0 Å². The molecule has 1 fully saturated rings. The van der Waals surface area contributed by atoms with Crippen molar-refractivity contribution in [2.45, 2.75) is 43.2 Å². The van der Waals surface area contributed by atoms with Crippen molar-refractivity contribution in [3.05, 3.63) is 17.0 Å². The Morgan fingerprint density at radius 1 is 1.35 bits per heavy atom. The summed E-state index contributed by atoms with van der Waals surface area (Å²) in [5, 5.41) is 8.73. The summed E-state index contributed by atoms with van der Waals surface area (Å²) in [7, 11) is -3.44. The van der Waals surface area contributed by atoms with Gasteiger partial charge in [-0.1, -0.05) is 32.6 Å². The number of rotatable bonds is 5. The lowest BCUT2D eigenvalue weighted by molar-refractivity contribution is 0.278. The van der Waals surface area contributed by atoms with Gasteiger partial charge in [-0.15, -0.1) is 11.3 Å². The van der Waals surface area contributed by atoms with Crippen LogP contribution in [0.25, 0.3) is 0 Å². The molecule has 6 heteroatoms. The zero-order valence-electron chi connectivity index (χ0n) is 11.6. The standard InChI is InChI=1S/C14H20N2O2S2/c1-11-2-4-12(5-3-11)8-9-16-20(17,18)14-7-6-13(10-15)19-14/h6-7,11-12,16H,2-5,8-9H2,1H3. The number of sulfonamides is 1. The molecule has 1 saturated carbocycles. The zero-order valence-corrected chi connectivity index (χ0v) is 13.3. The second-order valence-corrected chi connectivity index (χ2v) is 8.62. The van der Waals surface area contributed by atoms with Gasteiger partial charge in [-0.25, -0.2) is 13.1 Å². The minimum Gasteiger partial charge on any atom is -0.210 e. The maximum Gasteiger partial charge on any atom is 0.250 e. The van der Waals surface area contributed by atoms with Crippen LogP contribution in [0.4, 0.5) is 0 Å². The Morgan fingerprint density at radius 3 is 2.65 bits per heavy atom.